The summed E-state index contributed by atoms with van der Waals surface area (Å²) in [4.78, 5) is 8.66. The van der Waals surface area contributed by atoms with Crippen molar-refractivity contribution in [2.24, 2.45) is 5.73 Å². The van der Waals surface area contributed by atoms with Crippen LogP contribution in [0.2, 0.25) is 0 Å². The molecule has 4 heteroatoms. The van der Waals surface area contributed by atoms with Crippen LogP contribution in [0.5, 0.6) is 11.5 Å². The molecule has 0 unspecified atom stereocenters. The van der Waals surface area contributed by atoms with Gasteiger partial charge in [0, 0.05) is 23.7 Å². The molecule has 2 N–H and O–H groups in total. The largest absolute Gasteiger partial charge is 0.456 e. The molecule has 0 aliphatic rings. The summed E-state index contributed by atoms with van der Waals surface area (Å²) < 4.78 is 5.81. The number of nitrogens with two attached hydrogens (primary N) is 1. The number of hydrogen-bond acceptors (Lipinski definition) is 4. The standard InChI is InChI=1S/C17H17N3O/c1-2-15(18)16-8-7-14(11-20-16)21-13-6-5-12-4-3-9-19-17(12)10-13/h3-11,15H,2,18H2,1H3/t15-/m0/s1. The second-order valence-electron chi connectivity index (χ2n) is 4.89. The van der Waals surface area contributed by atoms with E-state index < -0.39 is 0 Å². The topological polar surface area (TPSA) is 61.0 Å². The summed E-state index contributed by atoms with van der Waals surface area (Å²) in [5.74, 6) is 1.44. The van der Waals surface area contributed by atoms with Crippen molar-refractivity contribution in [3.8, 4) is 11.5 Å². The fourth-order valence-corrected chi connectivity index (χ4v) is 2.13. The minimum absolute atomic E-state index is 0.0241. The van der Waals surface area contributed by atoms with E-state index in [9.17, 15) is 0 Å². The maximum Gasteiger partial charge on any atom is 0.145 e. The van der Waals surface area contributed by atoms with Crippen LogP contribution in [-0.4, -0.2) is 9.97 Å². The summed E-state index contributed by atoms with van der Waals surface area (Å²) in [6.45, 7) is 2.04. The van der Waals surface area contributed by atoms with Crippen LogP contribution < -0.4 is 10.5 Å². The predicted octanol–water partition coefficient (Wildman–Crippen LogP) is 3.83. The number of fused-ring (bicyclic) bond motifs is 1. The molecule has 0 spiro atoms. The average Bonchev–Trinajstić information content (AvgIpc) is 2.55. The highest BCUT2D eigenvalue weighted by atomic mass is 16.5. The van der Waals surface area contributed by atoms with Crippen molar-refractivity contribution in [1.29, 1.82) is 0 Å². The molecule has 3 rings (SSSR count). The van der Waals surface area contributed by atoms with Gasteiger partial charge in [0.25, 0.3) is 0 Å². The zero-order valence-corrected chi connectivity index (χ0v) is 11.9. The number of nitrogens with zero attached hydrogens (tertiary/aromatic N) is 2. The van der Waals surface area contributed by atoms with Crippen molar-refractivity contribution < 1.29 is 4.74 Å². The Bertz CT molecular complexity index is 740. The van der Waals surface area contributed by atoms with Crippen molar-refractivity contribution in [2.45, 2.75) is 19.4 Å². The first-order valence-electron chi connectivity index (χ1n) is 7.00. The molecule has 0 radical (unpaired) electrons. The van der Waals surface area contributed by atoms with Crippen LogP contribution in [0.4, 0.5) is 0 Å². The highest BCUT2D eigenvalue weighted by Crippen LogP contribution is 2.25. The van der Waals surface area contributed by atoms with Gasteiger partial charge in [-0.3, -0.25) is 9.97 Å². The van der Waals surface area contributed by atoms with Gasteiger partial charge in [0.1, 0.15) is 11.5 Å². The number of aromatic nitrogens is 2. The van der Waals surface area contributed by atoms with Crippen molar-refractivity contribution in [3.63, 3.8) is 0 Å². The molecule has 1 aromatic carbocycles. The molecule has 0 saturated heterocycles. The van der Waals surface area contributed by atoms with E-state index >= 15 is 0 Å². The predicted molar refractivity (Wildman–Crippen MR) is 83.3 cm³/mol. The maximum absolute atomic E-state index is 5.95. The summed E-state index contributed by atoms with van der Waals surface area (Å²) in [6, 6.07) is 13.5. The smallest absolute Gasteiger partial charge is 0.145 e. The Balaban J connectivity index is 1.81. The first kappa shape index (κ1) is 13.5. The molecule has 4 nitrogen and oxygen atoms in total. The average molecular weight is 279 g/mol. The first-order valence-corrected chi connectivity index (χ1v) is 7.00. The van der Waals surface area contributed by atoms with Gasteiger partial charge in [-0.05, 0) is 36.8 Å². The lowest BCUT2D eigenvalue weighted by atomic mass is 10.1. The summed E-state index contributed by atoms with van der Waals surface area (Å²) in [7, 11) is 0. The quantitative estimate of drug-likeness (QED) is 0.788. The van der Waals surface area contributed by atoms with Gasteiger partial charge in [0.15, 0.2) is 0 Å². The van der Waals surface area contributed by atoms with E-state index in [4.69, 9.17) is 10.5 Å². The maximum atomic E-state index is 5.95. The van der Waals surface area contributed by atoms with Gasteiger partial charge >= 0.3 is 0 Å². The van der Waals surface area contributed by atoms with Crippen LogP contribution >= 0.6 is 0 Å². The molecule has 0 aliphatic carbocycles. The van der Waals surface area contributed by atoms with Crippen molar-refractivity contribution in [2.75, 3.05) is 0 Å². The summed E-state index contributed by atoms with van der Waals surface area (Å²) in [6.07, 6.45) is 4.34. The summed E-state index contributed by atoms with van der Waals surface area (Å²) >= 11 is 0. The fraction of sp³-hybridized carbons (Fsp3) is 0.176. The molecule has 0 saturated carbocycles. The van der Waals surface area contributed by atoms with Crippen LogP contribution in [0.15, 0.2) is 54.9 Å². The zero-order valence-electron chi connectivity index (χ0n) is 11.9. The Morgan fingerprint density at radius 3 is 2.71 bits per heavy atom. The van der Waals surface area contributed by atoms with E-state index in [-0.39, 0.29) is 6.04 Å². The molecule has 0 fully saturated rings. The van der Waals surface area contributed by atoms with E-state index in [1.807, 2.05) is 49.4 Å². The Kier molecular flexibility index (Phi) is 3.79. The Labute approximate surface area is 123 Å². The molecule has 2 heterocycles. The molecule has 2 aromatic heterocycles. The number of ether oxygens (including phenoxy) is 1. The first-order chi connectivity index (χ1) is 10.3. The van der Waals surface area contributed by atoms with Crippen molar-refractivity contribution >= 4 is 10.9 Å². The molecule has 1 atom stereocenters. The third kappa shape index (κ3) is 3.01. The SMILES string of the molecule is CC[C@H](N)c1ccc(Oc2ccc3cccnc3c2)cn1. The van der Waals surface area contributed by atoms with E-state index in [1.54, 1.807) is 12.4 Å². The third-order valence-electron chi connectivity index (χ3n) is 3.39. The lowest BCUT2D eigenvalue weighted by Crippen LogP contribution is -2.10. The number of rotatable bonds is 4. The minimum atomic E-state index is -0.0241. The van der Waals surface area contributed by atoms with Crippen molar-refractivity contribution in [3.05, 3.63) is 60.6 Å². The third-order valence-corrected chi connectivity index (χ3v) is 3.39. The van der Waals surface area contributed by atoms with Gasteiger partial charge in [0.2, 0.25) is 0 Å². The molecule has 21 heavy (non-hydrogen) atoms. The molecule has 0 amide bonds. The molecular formula is C17H17N3O. The van der Waals surface area contributed by atoms with E-state index in [2.05, 4.69) is 9.97 Å². The monoisotopic (exact) mass is 279 g/mol. The minimum Gasteiger partial charge on any atom is -0.456 e. The lowest BCUT2D eigenvalue weighted by molar-refractivity contribution is 0.479. The van der Waals surface area contributed by atoms with Gasteiger partial charge < -0.3 is 10.5 Å². The van der Waals surface area contributed by atoms with Crippen LogP contribution in [-0.2, 0) is 0 Å². The highest BCUT2D eigenvalue weighted by molar-refractivity contribution is 5.79. The zero-order chi connectivity index (χ0) is 14.7. The van der Waals surface area contributed by atoms with E-state index in [0.29, 0.717) is 5.75 Å². The van der Waals surface area contributed by atoms with Crippen LogP contribution in [0.1, 0.15) is 25.1 Å². The van der Waals surface area contributed by atoms with E-state index in [0.717, 1.165) is 28.8 Å². The lowest BCUT2D eigenvalue weighted by Gasteiger charge is -2.10. The molecule has 0 aliphatic heterocycles. The second kappa shape index (κ2) is 5.89. The molecule has 106 valence electrons. The highest BCUT2D eigenvalue weighted by Gasteiger charge is 2.05. The van der Waals surface area contributed by atoms with Gasteiger partial charge in [-0.2, -0.15) is 0 Å². The van der Waals surface area contributed by atoms with E-state index in [1.165, 1.54) is 0 Å². The van der Waals surface area contributed by atoms with Crippen molar-refractivity contribution in [1.82, 2.24) is 9.97 Å². The van der Waals surface area contributed by atoms with Gasteiger partial charge in [-0.15, -0.1) is 0 Å². The fourth-order valence-electron chi connectivity index (χ4n) is 2.13. The normalized spacial score (nSPS) is 12.3. The second-order valence-corrected chi connectivity index (χ2v) is 4.89. The summed E-state index contributed by atoms with van der Waals surface area (Å²) in [5, 5.41) is 1.09. The molecular weight excluding hydrogens is 262 g/mol. The molecule has 3 aromatic rings. The van der Waals surface area contributed by atoms with Gasteiger partial charge in [-0.25, -0.2) is 0 Å². The summed E-state index contributed by atoms with van der Waals surface area (Å²) in [5.41, 5.74) is 7.74. The van der Waals surface area contributed by atoms with Crippen LogP contribution in [0, 0.1) is 0 Å². The Hall–Kier alpha value is -2.46. The van der Waals surface area contributed by atoms with Crippen LogP contribution in [0.3, 0.4) is 0 Å². The number of pyridine rings is 2. The Morgan fingerprint density at radius 1 is 1.10 bits per heavy atom. The van der Waals surface area contributed by atoms with Crippen LogP contribution in [0.25, 0.3) is 10.9 Å². The molecule has 0 bridgehead atoms. The van der Waals surface area contributed by atoms with Gasteiger partial charge in [0.05, 0.1) is 17.4 Å². The number of benzene rings is 1. The number of hydrogen-bond donors (Lipinski definition) is 1. The van der Waals surface area contributed by atoms with Gasteiger partial charge in [-0.1, -0.05) is 13.0 Å². The Morgan fingerprint density at radius 2 is 1.95 bits per heavy atom.